The third-order valence-electron chi connectivity index (χ3n) is 4.43. The van der Waals surface area contributed by atoms with Gasteiger partial charge in [-0.25, -0.2) is 9.78 Å². The van der Waals surface area contributed by atoms with Crippen LogP contribution in [0, 0.1) is 13.8 Å². The molecule has 0 aliphatic carbocycles. The Kier molecular flexibility index (Phi) is 5.79. The number of amides is 2. The highest BCUT2D eigenvalue weighted by Gasteiger charge is 2.12. The standard InChI is InChI=1S/C22H23N3O3/c1-15-8-10-19(12-16(15)2)28-21-11-9-18(13-23-21)24-22(27)25(3)14-17-6-4-5-7-20(17)26/h4-13,26H,14H2,1-3H3,(H,24,27). The fourth-order valence-corrected chi connectivity index (χ4v) is 2.60. The number of pyridine rings is 1. The van der Waals surface area contributed by atoms with E-state index in [-0.39, 0.29) is 11.8 Å². The van der Waals surface area contributed by atoms with Crippen LogP contribution in [0.5, 0.6) is 17.4 Å². The first-order chi connectivity index (χ1) is 13.4. The van der Waals surface area contributed by atoms with E-state index in [0.29, 0.717) is 23.7 Å². The monoisotopic (exact) mass is 377 g/mol. The summed E-state index contributed by atoms with van der Waals surface area (Å²) in [5.74, 6) is 1.33. The zero-order chi connectivity index (χ0) is 20.1. The minimum Gasteiger partial charge on any atom is -0.508 e. The van der Waals surface area contributed by atoms with E-state index in [0.717, 1.165) is 11.3 Å². The summed E-state index contributed by atoms with van der Waals surface area (Å²) in [7, 11) is 1.66. The number of para-hydroxylation sites is 1. The molecule has 0 saturated carbocycles. The summed E-state index contributed by atoms with van der Waals surface area (Å²) in [6.45, 7) is 4.37. The third kappa shape index (κ3) is 4.79. The van der Waals surface area contributed by atoms with Gasteiger partial charge in [0.05, 0.1) is 18.4 Å². The third-order valence-corrected chi connectivity index (χ3v) is 4.43. The second-order valence-electron chi connectivity index (χ2n) is 6.65. The van der Waals surface area contributed by atoms with Crippen LogP contribution in [0.2, 0.25) is 0 Å². The SMILES string of the molecule is Cc1ccc(Oc2ccc(NC(=O)N(C)Cc3ccccc3O)cn2)cc1C. The molecule has 1 heterocycles. The highest BCUT2D eigenvalue weighted by Crippen LogP contribution is 2.23. The maximum atomic E-state index is 12.3. The summed E-state index contributed by atoms with van der Waals surface area (Å²) in [5, 5.41) is 12.6. The Morgan fingerprint density at radius 3 is 2.57 bits per heavy atom. The number of hydrogen-bond donors (Lipinski definition) is 2. The summed E-state index contributed by atoms with van der Waals surface area (Å²) >= 11 is 0. The molecular weight excluding hydrogens is 354 g/mol. The maximum absolute atomic E-state index is 12.3. The predicted octanol–water partition coefficient (Wildman–Crippen LogP) is 4.86. The topological polar surface area (TPSA) is 74.7 Å². The van der Waals surface area contributed by atoms with Crippen molar-refractivity contribution in [3.63, 3.8) is 0 Å². The number of nitrogens with one attached hydrogen (secondary N) is 1. The Balaban J connectivity index is 1.59. The number of phenols is 1. The number of phenolic OH excluding ortho intramolecular Hbond substituents is 1. The Bertz CT molecular complexity index is 971. The second-order valence-corrected chi connectivity index (χ2v) is 6.65. The highest BCUT2D eigenvalue weighted by atomic mass is 16.5. The van der Waals surface area contributed by atoms with Crippen LogP contribution in [0.4, 0.5) is 10.5 Å². The first-order valence-electron chi connectivity index (χ1n) is 8.92. The molecule has 0 aliphatic rings. The molecular formula is C22H23N3O3. The largest absolute Gasteiger partial charge is 0.508 e. The van der Waals surface area contributed by atoms with E-state index in [1.54, 1.807) is 43.6 Å². The van der Waals surface area contributed by atoms with Gasteiger partial charge in [0, 0.05) is 18.7 Å². The Morgan fingerprint density at radius 2 is 1.89 bits per heavy atom. The van der Waals surface area contributed by atoms with E-state index >= 15 is 0 Å². The van der Waals surface area contributed by atoms with Crippen molar-refractivity contribution in [2.24, 2.45) is 0 Å². The maximum Gasteiger partial charge on any atom is 0.321 e. The van der Waals surface area contributed by atoms with E-state index in [1.807, 2.05) is 38.1 Å². The van der Waals surface area contributed by atoms with Crippen LogP contribution in [0.3, 0.4) is 0 Å². The molecule has 1 aromatic heterocycles. The minimum atomic E-state index is -0.298. The molecule has 144 valence electrons. The quantitative estimate of drug-likeness (QED) is 0.666. The average Bonchev–Trinajstić information content (AvgIpc) is 2.68. The number of aromatic hydroxyl groups is 1. The van der Waals surface area contributed by atoms with Gasteiger partial charge in [-0.05, 0) is 49.2 Å². The molecule has 3 rings (SSSR count). The lowest BCUT2D eigenvalue weighted by Gasteiger charge is -2.18. The Labute approximate surface area is 164 Å². The summed E-state index contributed by atoms with van der Waals surface area (Å²) < 4.78 is 5.75. The first kappa shape index (κ1) is 19.2. The Morgan fingerprint density at radius 1 is 1.11 bits per heavy atom. The van der Waals surface area contributed by atoms with Crippen LogP contribution in [0.1, 0.15) is 16.7 Å². The lowest BCUT2D eigenvalue weighted by atomic mass is 10.1. The zero-order valence-corrected chi connectivity index (χ0v) is 16.1. The van der Waals surface area contributed by atoms with Crippen LogP contribution in [0.25, 0.3) is 0 Å². The fourth-order valence-electron chi connectivity index (χ4n) is 2.60. The molecule has 28 heavy (non-hydrogen) atoms. The lowest BCUT2D eigenvalue weighted by molar-refractivity contribution is 0.220. The number of carbonyl (C=O) groups is 1. The summed E-state index contributed by atoms with van der Waals surface area (Å²) in [4.78, 5) is 18.1. The molecule has 2 amide bonds. The van der Waals surface area contributed by atoms with Crippen molar-refractivity contribution in [1.82, 2.24) is 9.88 Å². The summed E-state index contributed by atoms with van der Waals surface area (Å²) in [6.07, 6.45) is 1.54. The van der Waals surface area contributed by atoms with E-state index < -0.39 is 0 Å². The molecule has 0 fully saturated rings. The molecule has 2 aromatic carbocycles. The minimum absolute atomic E-state index is 0.164. The summed E-state index contributed by atoms with van der Waals surface area (Å²) in [6, 6.07) is 15.9. The molecule has 3 aromatic rings. The molecule has 6 heteroatoms. The van der Waals surface area contributed by atoms with Crippen LogP contribution in [-0.4, -0.2) is 28.1 Å². The molecule has 0 atom stereocenters. The lowest BCUT2D eigenvalue weighted by Crippen LogP contribution is -2.30. The number of hydrogen-bond acceptors (Lipinski definition) is 4. The molecule has 6 nitrogen and oxygen atoms in total. The number of rotatable bonds is 5. The number of ether oxygens (including phenoxy) is 1. The van der Waals surface area contributed by atoms with Gasteiger partial charge >= 0.3 is 6.03 Å². The van der Waals surface area contributed by atoms with Gasteiger partial charge in [-0.1, -0.05) is 24.3 Å². The molecule has 2 N–H and O–H groups in total. The average molecular weight is 377 g/mol. The molecule has 0 unspecified atom stereocenters. The van der Waals surface area contributed by atoms with Crippen molar-refractivity contribution < 1.29 is 14.6 Å². The van der Waals surface area contributed by atoms with Crippen molar-refractivity contribution in [1.29, 1.82) is 0 Å². The molecule has 0 aliphatic heterocycles. The number of nitrogens with zero attached hydrogens (tertiary/aromatic N) is 2. The normalized spacial score (nSPS) is 10.4. The fraction of sp³-hybridized carbons (Fsp3) is 0.182. The van der Waals surface area contributed by atoms with Gasteiger partial charge in [0.2, 0.25) is 5.88 Å². The van der Waals surface area contributed by atoms with Gasteiger partial charge < -0.3 is 20.1 Å². The van der Waals surface area contributed by atoms with Crippen molar-refractivity contribution >= 4 is 11.7 Å². The molecule has 0 spiro atoms. The number of aryl methyl sites for hydroxylation is 2. The number of urea groups is 1. The van der Waals surface area contributed by atoms with Crippen molar-refractivity contribution in [3.05, 3.63) is 77.5 Å². The van der Waals surface area contributed by atoms with Gasteiger partial charge in [0.15, 0.2) is 0 Å². The number of carbonyl (C=O) groups excluding carboxylic acids is 1. The van der Waals surface area contributed by atoms with Gasteiger partial charge in [-0.15, -0.1) is 0 Å². The van der Waals surface area contributed by atoms with E-state index in [2.05, 4.69) is 10.3 Å². The number of aromatic nitrogens is 1. The zero-order valence-electron chi connectivity index (χ0n) is 16.1. The van der Waals surface area contributed by atoms with Crippen molar-refractivity contribution in [3.8, 4) is 17.4 Å². The molecule has 0 radical (unpaired) electrons. The van der Waals surface area contributed by atoms with E-state index in [4.69, 9.17) is 4.74 Å². The summed E-state index contributed by atoms with van der Waals surface area (Å²) in [5.41, 5.74) is 3.58. The molecule has 0 saturated heterocycles. The predicted molar refractivity (Wildman–Crippen MR) is 109 cm³/mol. The van der Waals surface area contributed by atoms with Crippen LogP contribution in [-0.2, 0) is 6.54 Å². The van der Waals surface area contributed by atoms with Gasteiger partial charge in [0.1, 0.15) is 11.5 Å². The first-order valence-corrected chi connectivity index (χ1v) is 8.92. The van der Waals surface area contributed by atoms with Crippen LogP contribution >= 0.6 is 0 Å². The van der Waals surface area contributed by atoms with Crippen LogP contribution < -0.4 is 10.1 Å². The Hall–Kier alpha value is -3.54. The second kappa shape index (κ2) is 8.43. The molecule has 0 bridgehead atoms. The van der Waals surface area contributed by atoms with Crippen LogP contribution in [0.15, 0.2) is 60.8 Å². The van der Waals surface area contributed by atoms with Gasteiger partial charge in [0.25, 0.3) is 0 Å². The smallest absolute Gasteiger partial charge is 0.321 e. The number of benzene rings is 2. The van der Waals surface area contributed by atoms with E-state index in [1.165, 1.54) is 10.5 Å². The number of anilines is 1. The van der Waals surface area contributed by atoms with Gasteiger partial charge in [-0.2, -0.15) is 0 Å². The van der Waals surface area contributed by atoms with E-state index in [9.17, 15) is 9.90 Å². The highest BCUT2D eigenvalue weighted by molar-refractivity contribution is 5.88. The van der Waals surface area contributed by atoms with Crippen molar-refractivity contribution in [2.75, 3.05) is 12.4 Å². The van der Waals surface area contributed by atoms with Gasteiger partial charge in [-0.3, -0.25) is 0 Å². The van der Waals surface area contributed by atoms with Crippen molar-refractivity contribution in [2.45, 2.75) is 20.4 Å².